The predicted molar refractivity (Wildman–Crippen MR) is 123 cm³/mol. The zero-order valence-corrected chi connectivity index (χ0v) is 19.0. The summed E-state index contributed by atoms with van der Waals surface area (Å²) in [6.45, 7) is -1.31. The van der Waals surface area contributed by atoms with E-state index in [2.05, 4.69) is 20.0 Å². The van der Waals surface area contributed by atoms with Gasteiger partial charge in [0.05, 0.1) is 17.7 Å². The molecule has 0 atom stereocenters. The van der Waals surface area contributed by atoms with E-state index in [0.29, 0.717) is 22.7 Å². The maximum atomic E-state index is 12.7. The van der Waals surface area contributed by atoms with Gasteiger partial charge in [-0.2, -0.15) is 13.9 Å². The number of methoxy groups -OCH3 is 1. The molecule has 0 bridgehead atoms. The summed E-state index contributed by atoms with van der Waals surface area (Å²) < 4.78 is 61.7. The van der Waals surface area contributed by atoms with E-state index in [1.54, 1.807) is 31.2 Å². The Bertz CT molecular complexity index is 1280. The molecule has 0 aliphatic carbocycles. The van der Waals surface area contributed by atoms with Crippen LogP contribution in [0.15, 0.2) is 82.8 Å². The van der Waals surface area contributed by atoms with E-state index in [9.17, 15) is 22.0 Å². The number of benzene rings is 3. The number of halogens is 2. The number of ether oxygens (including phenoxy) is 2. The van der Waals surface area contributed by atoms with Crippen molar-refractivity contribution < 1.29 is 31.5 Å². The van der Waals surface area contributed by atoms with Gasteiger partial charge in [0.25, 0.3) is 15.9 Å². The highest BCUT2D eigenvalue weighted by Crippen LogP contribution is 2.20. The first kappa shape index (κ1) is 24.6. The van der Waals surface area contributed by atoms with Crippen molar-refractivity contribution in [1.29, 1.82) is 0 Å². The van der Waals surface area contributed by atoms with Crippen molar-refractivity contribution >= 4 is 27.3 Å². The number of amides is 1. The first-order chi connectivity index (χ1) is 16.2. The van der Waals surface area contributed by atoms with Crippen LogP contribution in [-0.4, -0.2) is 33.8 Å². The fourth-order valence-electron chi connectivity index (χ4n) is 2.82. The zero-order valence-electron chi connectivity index (χ0n) is 18.2. The highest BCUT2D eigenvalue weighted by atomic mass is 32.2. The van der Waals surface area contributed by atoms with Crippen molar-refractivity contribution in [2.75, 3.05) is 11.8 Å². The molecule has 178 valence electrons. The Morgan fingerprint density at radius 3 is 2.21 bits per heavy atom. The maximum absolute atomic E-state index is 12.7. The summed E-state index contributed by atoms with van der Waals surface area (Å²) in [6.07, 6.45) is 0. The van der Waals surface area contributed by atoms with Gasteiger partial charge in [0.15, 0.2) is 0 Å². The number of carbonyl (C=O) groups is 1. The van der Waals surface area contributed by atoms with Gasteiger partial charge in [-0.3, -0.25) is 9.52 Å². The lowest BCUT2D eigenvalue weighted by atomic mass is 10.1. The Kier molecular flexibility index (Phi) is 7.79. The molecule has 0 saturated heterocycles. The van der Waals surface area contributed by atoms with Gasteiger partial charge >= 0.3 is 6.61 Å². The molecule has 0 aliphatic rings. The van der Waals surface area contributed by atoms with Crippen molar-refractivity contribution in [2.45, 2.75) is 18.4 Å². The second-order valence-corrected chi connectivity index (χ2v) is 8.59. The fourth-order valence-corrected chi connectivity index (χ4v) is 3.92. The molecule has 0 unspecified atom stereocenters. The summed E-state index contributed by atoms with van der Waals surface area (Å²) >= 11 is 0. The van der Waals surface area contributed by atoms with Crippen molar-refractivity contribution in [3.05, 3.63) is 83.9 Å². The molecule has 3 rings (SSSR count). The van der Waals surface area contributed by atoms with Gasteiger partial charge in [-0.15, -0.1) is 0 Å². The van der Waals surface area contributed by atoms with E-state index in [1.165, 1.54) is 55.6 Å². The third kappa shape index (κ3) is 6.51. The summed E-state index contributed by atoms with van der Waals surface area (Å²) in [4.78, 5) is 12.4. The Morgan fingerprint density at radius 1 is 0.941 bits per heavy atom. The number of hydrogen-bond acceptors (Lipinski definition) is 6. The van der Waals surface area contributed by atoms with Crippen molar-refractivity contribution in [3.8, 4) is 11.5 Å². The SMILES string of the molecule is COc1ccc(NS(=O)(=O)c2cccc(C(=O)N/N=C(\C)c3ccc(OC(F)F)cc3)c2)cc1. The van der Waals surface area contributed by atoms with Gasteiger partial charge < -0.3 is 9.47 Å². The number of carbonyl (C=O) groups excluding carboxylic acids is 1. The van der Waals surface area contributed by atoms with Gasteiger partial charge in [-0.1, -0.05) is 6.07 Å². The Labute approximate surface area is 195 Å². The average Bonchev–Trinajstić information content (AvgIpc) is 2.82. The molecule has 2 N–H and O–H groups in total. The number of hydrazone groups is 1. The second-order valence-electron chi connectivity index (χ2n) is 6.90. The van der Waals surface area contributed by atoms with Crippen molar-refractivity contribution in [1.82, 2.24) is 5.43 Å². The first-order valence-electron chi connectivity index (χ1n) is 9.85. The minimum atomic E-state index is -3.95. The number of anilines is 1. The van der Waals surface area contributed by atoms with Crippen LogP contribution in [0, 0.1) is 0 Å². The van der Waals surface area contributed by atoms with Crippen LogP contribution in [0.2, 0.25) is 0 Å². The standard InChI is InChI=1S/C23H21F2N3O5S/c1-15(16-6-10-20(11-7-16)33-23(24)25)26-27-22(29)17-4-3-5-21(14-17)34(30,31)28-18-8-12-19(32-2)13-9-18/h3-14,23,28H,1-2H3,(H,27,29)/b26-15+. The van der Waals surface area contributed by atoms with Crippen LogP contribution >= 0.6 is 0 Å². The number of sulfonamides is 1. The molecule has 0 aliphatic heterocycles. The van der Waals surface area contributed by atoms with Crippen LogP contribution in [0.3, 0.4) is 0 Å². The van der Waals surface area contributed by atoms with Crippen LogP contribution in [0.5, 0.6) is 11.5 Å². The van der Waals surface area contributed by atoms with E-state index in [0.717, 1.165) is 0 Å². The molecule has 11 heteroatoms. The molecular formula is C23H21F2N3O5S. The normalized spacial score (nSPS) is 11.7. The Morgan fingerprint density at radius 2 is 1.59 bits per heavy atom. The minimum Gasteiger partial charge on any atom is -0.497 e. The molecule has 1 amide bonds. The topological polar surface area (TPSA) is 106 Å². The lowest BCUT2D eigenvalue weighted by Crippen LogP contribution is -2.20. The molecule has 0 spiro atoms. The van der Waals surface area contributed by atoms with Gasteiger partial charge in [0.1, 0.15) is 11.5 Å². The fraction of sp³-hybridized carbons (Fsp3) is 0.130. The van der Waals surface area contributed by atoms with E-state index >= 15 is 0 Å². The summed E-state index contributed by atoms with van der Waals surface area (Å²) in [6, 6.07) is 17.5. The molecule has 0 aromatic heterocycles. The second kappa shape index (κ2) is 10.8. The molecule has 8 nitrogen and oxygen atoms in total. The van der Waals surface area contributed by atoms with E-state index in [1.807, 2.05) is 0 Å². The third-order valence-corrected chi connectivity index (χ3v) is 5.95. The largest absolute Gasteiger partial charge is 0.497 e. The van der Waals surface area contributed by atoms with Crippen molar-refractivity contribution in [3.63, 3.8) is 0 Å². The van der Waals surface area contributed by atoms with Crippen LogP contribution in [0.25, 0.3) is 0 Å². The summed E-state index contributed by atoms with van der Waals surface area (Å²) in [5.74, 6) is -0.0507. The summed E-state index contributed by atoms with van der Waals surface area (Å²) in [7, 11) is -2.45. The molecule has 0 radical (unpaired) electrons. The highest BCUT2D eigenvalue weighted by Gasteiger charge is 2.17. The molecule has 3 aromatic carbocycles. The third-order valence-electron chi connectivity index (χ3n) is 4.57. The Hall–Kier alpha value is -3.99. The van der Waals surface area contributed by atoms with Crippen LogP contribution in [-0.2, 0) is 10.0 Å². The number of nitrogens with zero attached hydrogens (tertiary/aromatic N) is 1. The quantitative estimate of drug-likeness (QED) is 0.345. The van der Waals surface area contributed by atoms with E-state index in [-0.39, 0.29) is 16.2 Å². The van der Waals surface area contributed by atoms with E-state index < -0.39 is 22.5 Å². The summed E-state index contributed by atoms with van der Waals surface area (Å²) in [5, 5.41) is 3.99. The predicted octanol–water partition coefficient (Wildman–Crippen LogP) is 4.25. The number of hydrogen-bond donors (Lipinski definition) is 2. The lowest BCUT2D eigenvalue weighted by Gasteiger charge is -2.10. The molecule has 3 aromatic rings. The average molecular weight is 490 g/mol. The monoisotopic (exact) mass is 489 g/mol. The smallest absolute Gasteiger partial charge is 0.387 e. The molecule has 0 heterocycles. The van der Waals surface area contributed by atoms with Gasteiger partial charge in [-0.25, -0.2) is 13.8 Å². The molecular weight excluding hydrogens is 468 g/mol. The van der Waals surface area contributed by atoms with Gasteiger partial charge in [0, 0.05) is 11.3 Å². The molecule has 0 saturated carbocycles. The van der Waals surface area contributed by atoms with Gasteiger partial charge in [0.2, 0.25) is 0 Å². The molecule has 34 heavy (non-hydrogen) atoms. The maximum Gasteiger partial charge on any atom is 0.387 e. The number of alkyl halides is 2. The number of rotatable bonds is 9. The minimum absolute atomic E-state index is 0.00291. The highest BCUT2D eigenvalue weighted by molar-refractivity contribution is 7.92. The van der Waals surface area contributed by atoms with Crippen LogP contribution < -0.4 is 19.6 Å². The number of nitrogens with one attached hydrogen (secondary N) is 2. The van der Waals surface area contributed by atoms with Crippen molar-refractivity contribution in [2.24, 2.45) is 5.10 Å². The van der Waals surface area contributed by atoms with Gasteiger partial charge in [-0.05, 0) is 79.2 Å². The van der Waals surface area contributed by atoms with Crippen LogP contribution in [0.4, 0.5) is 14.5 Å². The van der Waals surface area contributed by atoms with Crippen LogP contribution in [0.1, 0.15) is 22.8 Å². The summed E-state index contributed by atoms with van der Waals surface area (Å²) in [5.41, 5.74) is 3.74. The first-order valence-corrected chi connectivity index (χ1v) is 11.3. The zero-order chi connectivity index (χ0) is 24.7. The molecule has 0 fully saturated rings. The lowest BCUT2D eigenvalue weighted by molar-refractivity contribution is -0.0498. The Balaban J connectivity index is 1.69. The van der Waals surface area contributed by atoms with E-state index in [4.69, 9.17) is 4.74 Å².